The minimum atomic E-state index is -0.961. The van der Waals surface area contributed by atoms with Gasteiger partial charge in [-0.3, -0.25) is 0 Å². The van der Waals surface area contributed by atoms with E-state index in [1.165, 1.54) is 0 Å². The fourth-order valence-electron chi connectivity index (χ4n) is 0.204. The first-order valence-electron chi connectivity index (χ1n) is 1.97. The van der Waals surface area contributed by atoms with E-state index < -0.39 is 5.97 Å². The van der Waals surface area contributed by atoms with Gasteiger partial charge in [-0.15, -0.1) is 0 Å². The Morgan fingerprint density at radius 3 is 1.78 bits per heavy atom. The first kappa shape index (κ1) is 22.6. The summed E-state index contributed by atoms with van der Waals surface area (Å²) in [7, 11) is 0. The standard InChI is InChI=1S/C4H8O2.2K.H2O/c1-2-3-4(5)6;;;/h2-3H2,1H3,(H,5,6);;;1H2/q;2*+1;/p-2. The van der Waals surface area contributed by atoms with Crippen molar-refractivity contribution in [1.82, 2.24) is 0 Å². The van der Waals surface area contributed by atoms with Crippen LogP contribution in [0.1, 0.15) is 19.8 Å². The zero-order valence-corrected chi connectivity index (χ0v) is 12.4. The van der Waals surface area contributed by atoms with Gasteiger partial charge >= 0.3 is 103 Å². The maximum atomic E-state index is 9.49. The number of carboxylic acids is 1. The zero-order chi connectivity index (χ0) is 4.99. The van der Waals surface area contributed by atoms with Crippen LogP contribution in [0.5, 0.6) is 0 Å². The van der Waals surface area contributed by atoms with Crippen molar-refractivity contribution < 1.29 is 118 Å². The van der Waals surface area contributed by atoms with Crippen LogP contribution in [0.25, 0.3) is 0 Å². The fraction of sp³-hybridized carbons (Fsp3) is 0.750. The molecule has 0 aromatic rings. The summed E-state index contributed by atoms with van der Waals surface area (Å²) in [6.45, 7) is 1.80. The molecule has 0 saturated carbocycles. The van der Waals surface area contributed by atoms with Crippen LogP contribution in [0.15, 0.2) is 0 Å². The Morgan fingerprint density at radius 2 is 1.78 bits per heavy atom. The second-order valence-corrected chi connectivity index (χ2v) is 1.12. The maximum Gasteiger partial charge on any atom is 1.00 e. The van der Waals surface area contributed by atoms with E-state index in [0.29, 0.717) is 6.42 Å². The number of hydrogen-bond donors (Lipinski definition) is 0. The second-order valence-electron chi connectivity index (χ2n) is 1.12. The van der Waals surface area contributed by atoms with Crippen molar-refractivity contribution in [2.45, 2.75) is 19.8 Å². The van der Waals surface area contributed by atoms with Gasteiger partial charge in [0.25, 0.3) is 0 Å². The van der Waals surface area contributed by atoms with E-state index in [1.54, 1.807) is 6.92 Å². The molecule has 0 radical (unpaired) electrons. The van der Waals surface area contributed by atoms with Gasteiger partial charge in [0.15, 0.2) is 0 Å². The second kappa shape index (κ2) is 17.0. The summed E-state index contributed by atoms with van der Waals surface area (Å²) in [5, 5.41) is 9.49. The van der Waals surface area contributed by atoms with E-state index in [-0.39, 0.29) is 115 Å². The smallest absolute Gasteiger partial charge is 0.870 e. The van der Waals surface area contributed by atoms with Gasteiger partial charge in [-0.05, 0) is 6.42 Å². The minimum absolute atomic E-state index is 0. The molecule has 0 unspecified atom stereocenters. The molecule has 5 heteroatoms. The minimum Gasteiger partial charge on any atom is -0.870 e. The molecule has 9 heavy (non-hydrogen) atoms. The summed E-state index contributed by atoms with van der Waals surface area (Å²) >= 11 is 0. The third-order valence-corrected chi connectivity index (χ3v) is 0.454. The largest absolute Gasteiger partial charge is 1.00 e. The normalized spacial score (nSPS) is 5.44. The number of carboxylic acid groups (broad SMARTS) is 1. The van der Waals surface area contributed by atoms with Crippen molar-refractivity contribution in [2.75, 3.05) is 0 Å². The van der Waals surface area contributed by atoms with Crippen molar-refractivity contribution in [3.63, 3.8) is 0 Å². The average Bonchev–Trinajstić information content (AvgIpc) is 1.35. The van der Waals surface area contributed by atoms with Crippen molar-refractivity contribution in [2.24, 2.45) is 0 Å². The maximum absolute atomic E-state index is 9.49. The summed E-state index contributed by atoms with van der Waals surface area (Å²) in [5.41, 5.74) is 0. The van der Waals surface area contributed by atoms with Gasteiger partial charge in [-0.1, -0.05) is 13.3 Å². The molecule has 0 aliphatic heterocycles. The average molecular weight is 182 g/mol. The number of hydrogen-bond acceptors (Lipinski definition) is 3. The summed E-state index contributed by atoms with van der Waals surface area (Å²) < 4.78 is 0. The first-order chi connectivity index (χ1) is 2.77. The van der Waals surface area contributed by atoms with Crippen LogP contribution < -0.4 is 108 Å². The van der Waals surface area contributed by atoms with Crippen LogP contribution in [0, 0.1) is 0 Å². The number of aliphatic carboxylic acids is 1. The predicted octanol–water partition coefficient (Wildman–Crippen LogP) is -6.63. The van der Waals surface area contributed by atoms with Crippen molar-refractivity contribution in [1.29, 1.82) is 0 Å². The van der Waals surface area contributed by atoms with E-state index >= 15 is 0 Å². The SMILES string of the molecule is CCCC(=O)[O-].[K+].[K+].[OH-]. The van der Waals surface area contributed by atoms with E-state index in [2.05, 4.69) is 0 Å². The van der Waals surface area contributed by atoms with E-state index in [4.69, 9.17) is 0 Å². The van der Waals surface area contributed by atoms with E-state index in [1.807, 2.05) is 0 Å². The third kappa shape index (κ3) is 24.9. The number of carbonyl (C=O) groups is 1. The zero-order valence-electron chi connectivity index (χ0n) is 6.18. The van der Waals surface area contributed by atoms with Crippen LogP contribution in [0.2, 0.25) is 0 Å². The predicted molar refractivity (Wildman–Crippen MR) is 21.9 cm³/mol. The number of rotatable bonds is 2. The molecule has 0 aromatic heterocycles. The fourth-order valence-corrected chi connectivity index (χ4v) is 0.204. The summed E-state index contributed by atoms with van der Waals surface area (Å²) in [4.78, 5) is 9.49. The van der Waals surface area contributed by atoms with Gasteiger partial charge in [0.05, 0.1) is 0 Å². The van der Waals surface area contributed by atoms with Gasteiger partial charge in [-0.2, -0.15) is 0 Å². The van der Waals surface area contributed by atoms with Crippen LogP contribution in [0.3, 0.4) is 0 Å². The molecular formula is C4H8K2O3. The van der Waals surface area contributed by atoms with Gasteiger partial charge < -0.3 is 15.4 Å². The molecule has 3 nitrogen and oxygen atoms in total. The molecule has 0 rings (SSSR count). The van der Waals surface area contributed by atoms with Gasteiger partial charge in [0.2, 0.25) is 0 Å². The molecule has 0 atom stereocenters. The summed E-state index contributed by atoms with van der Waals surface area (Å²) in [6.07, 6.45) is 0.850. The van der Waals surface area contributed by atoms with Crippen LogP contribution >= 0.6 is 0 Å². The van der Waals surface area contributed by atoms with Crippen LogP contribution in [-0.2, 0) is 4.79 Å². The molecular weight excluding hydrogens is 174 g/mol. The van der Waals surface area contributed by atoms with Crippen molar-refractivity contribution >= 4 is 5.97 Å². The topological polar surface area (TPSA) is 70.1 Å². The van der Waals surface area contributed by atoms with Gasteiger partial charge in [0, 0.05) is 5.97 Å². The molecule has 0 spiro atoms. The number of carbonyl (C=O) groups excluding carboxylic acids is 1. The Morgan fingerprint density at radius 1 is 1.44 bits per heavy atom. The Kier molecular flexibility index (Phi) is 42.6. The Labute approximate surface area is 140 Å². The molecule has 0 amide bonds. The Hall–Kier alpha value is 2.70. The molecule has 0 aromatic carbocycles. The first-order valence-corrected chi connectivity index (χ1v) is 1.97. The van der Waals surface area contributed by atoms with Gasteiger partial charge in [-0.25, -0.2) is 0 Å². The molecule has 0 heterocycles. The third-order valence-electron chi connectivity index (χ3n) is 0.454. The molecule has 1 N–H and O–H groups in total. The monoisotopic (exact) mass is 182 g/mol. The van der Waals surface area contributed by atoms with E-state index in [0.717, 1.165) is 0 Å². The Balaban J connectivity index is -0.0000000417. The summed E-state index contributed by atoms with van der Waals surface area (Å²) in [6, 6.07) is 0. The molecule has 0 fully saturated rings. The molecule has 0 saturated heterocycles. The van der Waals surface area contributed by atoms with Crippen molar-refractivity contribution in [3.05, 3.63) is 0 Å². The summed E-state index contributed by atoms with van der Waals surface area (Å²) in [5.74, 6) is -0.961. The van der Waals surface area contributed by atoms with E-state index in [9.17, 15) is 9.90 Å². The molecule has 0 aliphatic carbocycles. The molecule has 0 aliphatic rings. The Bertz CT molecular complexity index is 57.8. The van der Waals surface area contributed by atoms with Crippen LogP contribution in [0.4, 0.5) is 0 Å². The quantitative estimate of drug-likeness (QED) is 0.399. The molecule has 0 bridgehead atoms. The van der Waals surface area contributed by atoms with Gasteiger partial charge in [0.1, 0.15) is 0 Å². The van der Waals surface area contributed by atoms with Crippen molar-refractivity contribution in [3.8, 4) is 0 Å². The molecule has 44 valence electrons. The van der Waals surface area contributed by atoms with Crippen LogP contribution in [-0.4, -0.2) is 11.4 Å².